The van der Waals surface area contributed by atoms with Gasteiger partial charge in [0.15, 0.2) is 0 Å². The van der Waals surface area contributed by atoms with Gasteiger partial charge in [0.25, 0.3) is 0 Å². The summed E-state index contributed by atoms with van der Waals surface area (Å²) in [6.07, 6.45) is 2.09. The normalized spacial score (nSPS) is 16.2. The van der Waals surface area contributed by atoms with Crippen LogP contribution in [-0.2, 0) is 13.1 Å². The second-order valence-electron chi connectivity index (χ2n) is 6.78. The minimum atomic E-state index is -0.0601. The van der Waals surface area contributed by atoms with Crippen LogP contribution in [0.25, 0.3) is 0 Å². The maximum absolute atomic E-state index is 13.0. The first-order valence-electron chi connectivity index (χ1n) is 9.02. The van der Waals surface area contributed by atoms with Crippen LogP contribution < -0.4 is 5.32 Å². The highest BCUT2D eigenvalue weighted by Crippen LogP contribution is 2.32. The number of carbonyl (C=O) groups is 1. The largest absolute Gasteiger partial charge is 0.348 e. The molecule has 0 saturated heterocycles. The van der Waals surface area contributed by atoms with Gasteiger partial charge in [-0.2, -0.15) is 0 Å². The van der Waals surface area contributed by atoms with Crippen LogP contribution in [0.15, 0.2) is 72.9 Å². The van der Waals surface area contributed by atoms with E-state index in [1.807, 2.05) is 35.2 Å². The minimum absolute atomic E-state index is 0.0214. The quantitative estimate of drug-likeness (QED) is 0.762. The van der Waals surface area contributed by atoms with Crippen molar-refractivity contribution in [1.29, 1.82) is 0 Å². The zero-order valence-electron chi connectivity index (χ0n) is 14.9. The number of aromatic nitrogens is 1. The van der Waals surface area contributed by atoms with Crippen LogP contribution in [0.5, 0.6) is 0 Å². The number of urea groups is 1. The van der Waals surface area contributed by atoms with E-state index in [0.717, 1.165) is 23.4 Å². The predicted octanol–water partition coefficient (Wildman–Crippen LogP) is 4.11. The third-order valence-electron chi connectivity index (χ3n) is 4.98. The molecule has 0 saturated carbocycles. The number of amides is 2. The third-order valence-corrected chi connectivity index (χ3v) is 4.98. The summed E-state index contributed by atoms with van der Waals surface area (Å²) in [5.74, 6) is 0. The summed E-state index contributed by atoms with van der Waals surface area (Å²) in [5, 5.41) is 3.08. The molecule has 2 amide bonds. The van der Waals surface area contributed by atoms with Gasteiger partial charge in [-0.15, -0.1) is 0 Å². The van der Waals surface area contributed by atoms with Crippen molar-refractivity contribution in [1.82, 2.24) is 14.8 Å². The van der Waals surface area contributed by atoms with Gasteiger partial charge in [-0.05, 0) is 30.2 Å². The molecule has 0 bridgehead atoms. The van der Waals surface area contributed by atoms with Gasteiger partial charge in [0.1, 0.15) is 0 Å². The summed E-state index contributed by atoms with van der Waals surface area (Å²) in [6, 6.07) is 22.6. The highest BCUT2D eigenvalue weighted by atomic mass is 16.2. The number of rotatable bonds is 3. The van der Waals surface area contributed by atoms with Crippen LogP contribution in [0.3, 0.4) is 0 Å². The van der Waals surface area contributed by atoms with Crippen LogP contribution >= 0.6 is 0 Å². The van der Waals surface area contributed by atoms with Gasteiger partial charge in [0, 0.05) is 31.5 Å². The fourth-order valence-corrected chi connectivity index (χ4v) is 3.58. The Bertz CT molecular complexity index is 883. The molecule has 3 aromatic rings. The number of carbonyl (C=O) groups excluding carboxylic acids is 1. The molecule has 4 rings (SSSR count). The average Bonchev–Trinajstić information content (AvgIpc) is 3.16. The van der Waals surface area contributed by atoms with Crippen LogP contribution in [0, 0.1) is 6.92 Å². The lowest BCUT2D eigenvalue weighted by molar-refractivity contribution is 0.168. The molecular weight excluding hydrogens is 322 g/mol. The molecule has 26 heavy (non-hydrogen) atoms. The SMILES string of the molecule is Cc1ccc([C@H]2c3cccn3CCN2C(=O)NCc2ccccc2)cc1. The zero-order valence-corrected chi connectivity index (χ0v) is 14.9. The van der Waals surface area contributed by atoms with Crippen molar-refractivity contribution in [2.75, 3.05) is 6.54 Å². The molecule has 2 aromatic carbocycles. The van der Waals surface area contributed by atoms with Crippen molar-refractivity contribution in [3.05, 3.63) is 95.3 Å². The summed E-state index contributed by atoms with van der Waals surface area (Å²) in [5.41, 5.74) is 4.63. The van der Waals surface area contributed by atoms with Crippen molar-refractivity contribution in [3.63, 3.8) is 0 Å². The molecule has 132 valence electrons. The second kappa shape index (κ2) is 7.08. The number of nitrogens with zero attached hydrogens (tertiary/aromatic N) is 2. The Morgan fingerprint density at radius 2 is 1.77 bits per heavy atom. The van der Waals surface area contributed by atoms with E-state index in [1.54, 1.807) is 0 Å². The Hall–Kier alpha value is -3.01. The monoisotopic (exact) mass is 345 g/mol. The molecule has 0 unspecified atom stereocenters. The Labute approximate surface area is 154 Å². The van der Waals surface area contributed by atoms with Gasteiger partial charge in [-0.1, -0.05) is 60.2 Å². The summed E-state index contributed by atoms with van der Waals surface area (Å²) < 4.78 is 2.24. The topological polar surface area (TPSA) is 37.3 Å². The number of benzene rings is 2. The minimum Gasteiger partial charge on any atom is -0.348 e. The maximum Gasteiger partial charge on any atom is 0.318 e. The fraction of sp³-hybridized carbons (Fsp3) is 0.227. The Morgan fingerprint density at radius 1 is 1.00 bits per heavy atom. The molecule has 0 fully saturated rings. The van der Waals surface area contributed by atoms with Crippen molar-refractivity contribution < 1.29 is 4.79 Å². The number of hydrogen-bond donors (Lipinski definition) is 1. The van der Waals surface area contributed by atoms with Gasteiger partial charge >= 0.3 is 6.03 Å². The molecular formula is C22H23N3O. The standard InChI is InChI=1S/C22H23N3O/c1-17-9-11-19(12-10-17)21-20-8-5-13-24(20)14-15-25(21)22(26)23-16-18-6-3-2-4-7-18/h2-13,21H,14-16H2,1H3,(H,23,26)/t21-/m0/s1. The average molecular weight is 345 g/mol. The van der Waals surface area contributed by atoms with E-state index in [0.29, 0.717) is 13.1 Å². The van der Waals surface area contributed by atoms with Crippen molar-refractivity contribution >= 4 is 6.03 Å². The van der Waals surface area contributed by atoms with Gasteiger partial charge in [-0.25, -0.2) is 4.79 Å². The lowest BCUT2D eigenvalue weighted by atomic mass is 9.99. The first kappa shape index (κ1) is 16.5. The van der Waals surface area contributed by atoms with Crippen LogP contribution in [0.2, 0.25) is 0 Å². The summed E-state index contributed by atoms with van der Waals surface area (Å²) in [4.78, 5) is 14.9. The molecule has 4 heteroatoms. The van der Waals surface area contributed by atoms with E-state index in [-0.39, 0.29) is 12.1 Å². The molecule has 4 nitrogen and oxygen atoms in total. The first-order valence-corrected chi connectivity index (χ1v) is 9.02. The number of hydrogen-bond acceptors (Lipinski definition) is 1. The van der Waals surface area contributed by atoms with Gasteiger partial charge in [0.2, 0.25) is 0 Å². The predicted molar refractivity (Wildman–Crippen MR) is 103 cm³/mol. The second-order valence-corrected chi connectivity index (χ2v) is 6.78. The molecule has 1 aromatic heterocycles. The molecule has 0 aliphatic carbocycles. The Morgan fingerprint density at radius 3 is 2.54 bits per heavy atom. The molecule has 0 radical (unpaired) electrons. The van der Waals surface area contributed by atoms with Crippen LogP contribution in [0.1, 0.15) is 28.4 Å². The van der Waals surface area contributed by atoms with Crippen molar-refractivity contribution in [2.45, 2.75) is 26.1 Å². The molecule has 1 aliphatic rings. The Kier molecular flexibility index (Phi) is 4.48. The zero-order chi connectivity index (χ0) is 17.9. The lowest BCUT2D eigenvalue weighted by Gasteiger charge is -2.37. The van der Waals surface area contributed by atoms with Gasteiger partial charge in [-0.3, -0.25) is 0 Å². The van der Waals surface area contributed by atoms with Crippen LogP contribution in [0.4, 0.5) is 4.79 Å². The number of fused-ring (bicyclic) bond motifs is 1. The van der Waals surface area contributed by atoms with E-state index in [4.69, 9.17) is 0 Å². The fourth-order valence-electron chi connectivity index (χ4n) is 3.58. The smallest absolute Gasteiger partial charge is 0.318 e. The summed E-state index contributed by atoms with van der Waals surface area (Å²) >= 11 is 0. The van der Waals surface area contributed by atoms with E-state index in [2.05, 4.69) is 59.4 Å². The van der Waals surface area contributed by atoms with Crippen molar-refractivity contribution in [2.24, 2.45) is 0 Å². The van der Waals surface area contributed by atoms with Crippen molar-refractivity contribution in [3.8, 4) is 0 Å². The molecule has 1 aliphatic heterocycles. The highest BCUT2D eigenvalue weighted by molar-refractivity contribution is 5.75. The van der Waals surface area contributed by atoms with E-state index >= 15 is 0 Å². The maximum atomic E-state index is 13.0. The number of nitrogens with one attached hydrogen (secondary N) is 1. The van der Waals surface area contributed by atoms with E-state index in [1.165, 1.54) is 5.56 Å². The summed E-state index contributed by atoms with van der Waals surface area (Å²) in [6.45, 7) is 4.14. The Balaban J connectivity index is 1.59. The highest BCUT2D eigenvalue weighted by Gasteiger charge is 2.31. The molecule has 1 N–H and O–H groups in total. The third kappa shape index (κ3) is 3.23. The van der Waals surface area contributed by atoms with Gasteiger partial charge < -0.3 is 14.8 Å². The van der Waals surface area contributed by atoms with Crippen LogP contribution in [-0.4, -0.2) is 22.0 Å². The molecule has 0 spiro atoms. The van der Waals surface area contributed by atoms with E-state index < -0.39 is 0 Å². The van der Waals surface area contributed by atoms with E-state index in [9.17, 15) is 4.79 Å². The first-order chi connectivity index (χ1) is 12.7. The molecule has 1 atom stereocenters. The van der Waals surface area contributed by atoms with Gasteiger partial charge in [0.05, 0.1) is 6.04 Å². The number of aryl methyl sites for hydroxylation is 1. The molecule has 2 heterocycles. The summed E-state index contributed by atoms with van der Waals surface area (Å²) in [7, 11) is 0. The lowest BCUT2D eigenvalue weighted by Crippen LogP contribution is -2.47.